The normalized spacial score (nSPS) is 11.9. The SMILES string of the molecule is CC(C)(C)C(=O)CCCc1nc2ccccc2s1. The Kier molecular flexibility index (Phi) is 3.81. The van der Waals surface area contributed by atoms with Crippen LogP contribution in [-0.2, 0) is 11.2 Å². The summed E-state index contributed by atoms with van der Waals surface area (Å²) in [6.45, 7) is 5.94. The fourth-order valence-electron chi connectivity index (χ4n) is 1.80. The van der Waals surface area contributed by atoms with Crippen LogP contribution in [0.25, 0.3) is 10.2 Å². The molecule has 96 valence electrons. The molecule has 0 radical (unpaired) electrons. The summed E-state index contributed by atoms with van der Waals surface area (Å²) in [5.74, 6) is 0.337. The van der Waals surface area contributed by atoms with Gasteiger partial charge in [0.1, 0.15) is 5.78 Å². The molecule has 0 spiro atoms. The first-order chi connectivity index (χ1) is 8.47. The fraction of sp³-hybridized carbons (Fsp3) is 0.467. The van der Waals surface area contributed by atoms with E-state index in [1.54, 1.807) is 11.3 Å². The summed E-state index contributed by atoms with van der Waals surface area (Å²) in [6.07, 6.45) is 2.45. The Morgan fingerprint density at radius 2 is 2.00 bits per heavy atom. The first kappa shape index (κ1) is 13.2. The fourth-order valence-corrected chi connectivity index (χ4v) is 2.81. The molecule has 2 aromatic rings. The van der Waals surface area contributed by atoms with Crippen molar-refractivity contribution in [1.29, 1.82) is 0 Å². The molecule has 0 fully saturated rings. The summed E-state index contributed by atoms with van der Waals surface area (Å²) in [7, 11) is 0. The van der Waals surface area contributed by atoms with Crippen molar-refractivity contribution < 1.29 is 4.79 Å². The third kappa shape index (κ3) is 3.16. The predicted octanol–water partition coefficient (Wildman–Crippen LogP) is 4.23. The molecule has 1 aromatic carbocycles. The maximum Gasteiger partial charge on any atom is 0.138 e. The number of fused-ring (bicyclic) bond motifs is 1. The van der Waals surface area contributed by atoms with Crippen LogP contribution in [0.15, 0.2) is 24.3 Å². The summed E-state index contributed by atoms with van der Waals surface area (Å²) < 4.78 is 1.23. The predicted molar refractivity (Wildman–Crippen MR) is 77.0 cm³/mol. The Hall–Kier alpha value is -1.22. The highest BCUT2D eigenvalue weighted by molar-refractivity contribution is 7.18. The van der Waals surface area contributed by atoms with Crippen LogP contribution in [0.2, 0.25) is 0 Å². The van der Waals surface area contributed by atoms with Crippen LogP contribution in [0.3, 0.4) is 0 Å². The quantitative estimate of drug-likeness (QED) is 0.824. The molecule has 1 heterocycles. The summed E-state index contributed by atoms with van der Waals surface area (Å²) in [6, 6.07) is 8.18. The van der Waals surface area contributed by atoms with Crippen LogP contribution < -0.4 is 0 Å². The van der Waals surface area contributed by atoms with E-state index in [-0.39, 0.29) is 5.41 Å². The van der Waals surface area contributed by atoms with Crippen molar-refractivity contribution in [3.63, 3.8) is 0 Å². The van der Waals surface area contributed by atoms with Crippen molar-refractivity contribution in [1.82, 2.24) is 4.98 Å². The number of carbonyl (C=O) groups is 1. The van der Waals surface area contributed by atoms with Crippen molar-refractivity contribution in [2.24, 2.45) is 5.41 Å². The van der Waals surface area contributed by atoms with E-state index in [9.17, 15) is 4.79 Å². The van der Waals surface area contributed by atoms with Crippen molar-refractivity contribution in [3.05, 3.63) is 29.3 Å². The maximum atomic E-state index is 11.8. The van der Waals surface area contributed by atoms with Crippen molar-refractivity contribution in [3.8, 4) is 0 Å². The van der Waals surface area contributed by atoms with E-state index in [1.807, 2.05) is 39.0 Å². The number of aryl methyl sites for hydroxylation is 1. The average Bonchev–Trinajstić information content (AvgIpc) is 2.70. The number of Topliss-reactive ketones (excluding diaryl/α,β-unsaturated/α-hetero) is 1. The van der Waals surface area contributed by atoms with Gasteiger partial charge in [-0.1, -0.05) is 32.9 Å². The van der Waals surface area contributed by atoms with Crippen molar-refractivity contribution in [2.75, 3.05) is 0 Å². The molecule has 0 N–H and O–H groups in total. The molecular formula is C15H19NOS. The number of aromatic nitrogens is 1. The van der Waals surface area contributed by atoms with E-state index >= 15 is 0 Å². The number of hydrogen-bond donors (Lipinski definition) is 0. The third-order valence-electron chi connectivity index (χ3n) is 2.97. The molecule has 0 aliphatic carbocycles. The van der Waals surface area contributed by atoms with Gasteiger partial charge in [-0.2, -0.15) is 0 Å². The summed E-state index contributed by atoms with van der Waals surface area (Å²) in [5.41, 5.74) is 0.854. The van der Waals surface area contributed by atoms with Gasteiger partial charge in [-0.25, -0.2) is 4.98 Å². The van der Waals surface area contributed by atoms with E-state index in [0.717, 1.165) is 23.4 Å². The number of nitrogens with zero attached hydrogens (tertiary/aromatic N) is 1. The van der Waals surface area contributed by atoms with Gasteiger partial charge in [0.25, 0.3) is 0 Å². The highest BCUT2D eigenvalue weighted by Crippen LogP contribution is 2.24. The van der Waals surface area contributed by atoms with Gasteiger partial charge in [0.05, 0.1) is 15.2 Å². The number of carbonyl (C=O) groups excluding carboxylic acids is 1. The molecule has 0 atom stereocenters. The van der Waals surface area contributed by atoms with Gasteiger partial charge in [-0.15, -0.1) is 11.3 Å². The topological polar surface area (TPSA) is 30.0 Å². The van der Waals surface area contributed by atoms with E-state index in [2.05, 4.69) is 11.1 Å². The van der Waals surface area contributed by atoms with E-state index < -0.39 is 0 Å². The standard InChI is InChI=1S/C15H19NOS/c1-15(2,3)13(17)9-6-10-14-16-11-7-4-5-8-12(11)18-14/h4-5,7-8H,6,9-10H2,1-3H3. The maximum absolute atomic E-state index is 11.8. The zero-order valence-corrected chi connectivity index (χ0v) is 12.0. The molecule has 0 unspecified atom stereocenters. The molecule has 1 aromatic heterocycles. The molecule has 2 rings (SSSR count). The Morgan fingerprint density at radius 3 is 2.67 bits per heavy atom. The zero-order valence-electron chi connectivity index (χ0n) is 11.2. The molecule has 0 aliphatic heterocycles. The molecule has 0 aliphatic rings. The Balaban J connectivity index is 1.93. The summed E-state index contributed by atoms with van der Waals surface area (Å²) >= 11 is 1.73. The molecule has 0 amide bonds. The van der Waals surface area contributed by atoms with Crippen LogP contribution in [0.5, 0.6) is 0 Å². The lowest BCUT2D eigenvalue weighted by molar-refractivity contribution is -0.126. The molecule has 0 bridgehead atoms. The minimum Gasteiger partial charge on any atom is -0.299 e. The second kappa shape index (κ2) is 5.19. The van der Waals surface area contributed by atoms with Gasteiger partial charge in [-0.3, -0.25) is 4.79 Å². The van der Waals surface area contributed by atoms with Gasteiger partial charge >= 0.3 is 0 Å². The minimum atomic E-state index is -0.215. The Morgan fingerprint density at radius 1 is 1.28 bits per heavy atom. The number of ketones is 1. The number of thiazole rings is 1. The summed E-state index contributed by atoms with van der Waals surface area (Å²) in [4.78, 5) is 16.4. The van der Waals surface area contributed by atoms with Gasteiger partial charge in [-0.05, 0) is 25.0 Å². The lowest BCUT2D eigenvalue weighted by Gasteiger charge is -2.15. The van der Waals surface area contributed by atoms with E-state index in [0.29, 0.717) is 12.2 Å². The largest absolute Gasteiger partial charge is 0.299 e. The molecule has 18 heavy (non-hydrogen) atoms. The van der Waals surface area contributed by atoms with Crippen LogP contribution in [0, 0.1) is 5.41 Å². The van der Waals surface area contributed by atoms with Crippen LogP contribution >= 0.6 is 11.3 Å². The van der Waals surface area contributed by atoms with Crippen LogP contribution in [0.4, 0.5) is 0 Å². The third-order valence-corrected chi connectivity index (χ3v) is 4.07. The molecule has 0 saturated heterocycles. The van der Waals surface area contributed by atoms with Crippen molar-refractivity contribution in [2.45, 2.75) is 40.0 Å². The molecule has 0 saturated carbocycles. The lowest BCUT2D eigenvalue weighted by atomic mass is 9.88. The number of benzene rings is 1. The molecule has 2 nitrogen and oxygen atoms in total. The van der Waals surface area contributed by atoms with E-state index in [4.69, 9.17) is 0 Å². The highest BCUT2D eigenvalue weighted by atomic mass is 32.1. The van der Waals surface area contributed by atoms with Crippen LogP contribution in [-0.4, -0.2) is 10.8 Å². The monoisotopic (exact) mass is 261 g/mol. The number of hydrogen-bond acceptors (Lipinski definition) is 3. The second-order valence-electron chi connectivity index (χ2n) is 5.60. The smallest absolute Gasteiger partial charge is 0.138 e. The van der Waals surface area contributed by atoms with Gasteiger partial charge < -0.3 is 0 Å². The number of rotatable bonds is 4. The Bertz CT molecular complexity index is 518. The number of para-hydroxylation sites is 1. The van der Waals surface area contributed by atoms with E-state index in [1.165, 1.54) is 4.70 Å². The van der Waals surface area contributed by atoms with Gasteiger partial charge in [0, 0.05) is 11.8 Å². The average molecular weight is 261 g/mol. The summed E-state index contributed by atoms with van der Waals surface area (Å²) in [5, 5.41) is 1.14. The first-order valence-electron chi connectivity index (χ1n) is 6.34. The van der Waals surface area contributed by atoms with Gasteiger partial charge in [0.15, 0.2) is 0 Å². The molecular weight excluding hydrogens is 242 g/mol. The van der Waals surface area contributed by atoms with Crippen LogP contribution in [0.1, 0.15) is 38.6 Å². The lowest BCUT2D eigenvalue weighted by Crippen LogP contribution is -2.19. The van der Waals surface area contributed by atoms with Crippen molar-refractivity contribution >= 4 is 27.3 Å². The van der Waals surface area contributed by atoms with Gasteiger partial charge in [0.2, 0.25) is 0 Å². The first-order valence-corrected chi connectivity index (χ1v) is 7.16. The zero-order chi connectivity index (χ0) is 13.2. The molecule has 3 heteroatoms. The minimum absolute atomic E-state index is 0.215. The highest BCUT2D eigenvalue weighted by Gasteiger charge is 2.20. The Labute approximate surface area is 112 Å². The second-order valence-corrected chi connectivity index (χ2v) is 6.72.